The molecule has 1 saturated heterocycles. The van der Waals surface area contributed by atoms with Crippen LogP contribution in [0.25, 0.3) is 0 Å². The average Bonchev–Trinajstić information content (AvgIpc) is 2.81. The normalized spacial score (nSPS) is 26.0. The standard InChI is InChI=1S/C12H19N3/c1-2-11(14-6-1)5-7-15-9-13-8-12(15)10-3-4-10/h8-11,14H,1-7H2. The van der Waals surface area contributed by atoms with Gasteiger partial charge in [0, 0.05) is 30.4 Å². The Morgan fingerprint density at radius 1 is 1.40 bits per heavy atom. The van der Waals surface area contributed by atoms with Gasteiger partial charge in [-0.15, -0.1) is 0 Å². The molecule has 3 rings (SSSR count). The van der Waals surface area contributed by atoms with Crippen LogP contribution in [-0.4, -0.2) is 22.1 Å². The molecular weight excluding hydrogens is 186 g/mol. The third kappa shape index (κ3) is 2.07. The third-order valence-corrected chi connectivity index (χ3v) is 3.62. The Morgan fingerprint density at radius 2 is 2.33 bits per heavy atom. The SMILES string of the molecule is c1ncn(CCC2CCCN2)c1C1CC1. The van der Waals surface area contributed by atoms with Crippen molar-refractivity contribution in [3.8, 4) is 0 Å². The number of rotatable bonds is 4. The maximum atomic E-state index is 4.27. The van der Waals surface area contributed by atoms with Gasteiger partial charge in [0.2, 0.25) is 0 Å². The number of nitrogens with zero attached hydrogens (tertiary/aromatic N) is 2. The first-order chi connectivity index (χ1) is 7.43. The quantitative estimate of drug-likeness (QED) is 0.813. The van der Waals surface area contributed by atoms with Crippen molar-refractivity contribution in [2.24, 2.45) is 0 Å². The average molecular weight is 205 g/mol. The van der Waals surface area contributed by atoms with Gasteiger partial charge in [-0.3, -0.25) is 0 Å². The van der Waals surface area contributed by atoms with Crippen LogP contribution in [0.4, 0.5) is 0 Å². The molecule has 1 aromatic rings. The molecule has 0 amide bonds. The van der Waals surface area contributed by atoms with Crippen LogP contribution in [0, 0.1) is 0 Å². The van der Waals surface area contributed by atoms with Crippen molar-refractivity contribution in [3.63, 3.8) is 0 Å². The minimum absolute atomic E-state index is 0.749. The molecule has 15 heavy (non-hydrogen) atoms. The molecule has 1 unspecified atom stereocenters. The lowest BCUT2D eigenvalue weighted by Gasteiger charge is -2.12. The molecule has 1 aromatic heterocycles. The van der Waals surface area contributed by atoms with Gasteiger partial charge in [0.05, 0.1) is 6.33 Å². The molecule has 3 heteroatoms. The molecule has 0 aromatic carbocycles. The van der Waals surface area contributed by atoms with E-state index < -0.39 is 0 Å². The van der Waals surface area contributed by atoms with E-state index in [1.807, 2.05) is 6.33 Å². The van der Waals surface area contributed by atoms with Crippen LogP contribution in [-0.2, 0) is 6.54 Å². The van der Waals surface area contributed by atoms with Gasteiger partial charge in [-0.2, -0.15) is 0 Å². The summed E-state index contributed by atoms with van der Waals surface area (Å²) in [6.45, 7) is 2.35. The summed E-state index contributed by atoms with van der Waals surface area (Å²) in [7, 11) is 0. The second-order valence-corrected chi connectivity index (χ2v) is 4.87. The summed E-state index contributed by atoms with van der Waals surface area (Å²) < 4.78 is 2.36. The highest BCUT2D eigenvalue weighted by atomic mass is 15.1. The van der Waals surface area contributed by atoms with Crippen molar-refractivity contribution in [2.45, 2.75) is 50.6 Å². The molecule has 1 saturated carbocycles. The Bertz CT molecular complexity index is 321. The zero-order valence-electron chi connectivity index (χ0n) is 9.15. The molecule has 82 valence electrons. The molecule has 1 N–H and O–H groups in total. The second-order valence-electron chi connectivity index (χ2n) is 4.87. The highest BCUT2D eigenvalue weighted by molar-refractivity contribution is 5.12. The number of aromatic nitrogens is 2. The van der Waals surface area contributed by atoms with E-state index in [1.54, 1.807) is 0 Å². The van der Waals surface area contributed by atoms with Crippen LogP contribution in [0.15, 0.2) is 12.5 Å². The first-order valence-electron chi connectivity index (χ1n) is 6.17. The van der Waals surface area contributed by atoms with E-state index in [4.69, 9.17) is 0 Å². The summed E-state index contributed by atoms with van der Waals surface area (Å²) in [6.07, 6.45) is 10.8. The molecule has 0 spiro atoms. The highest BCUT2D eigenvalue weighted by Gasteiger charge is 2.26. The maximum absolute atomic E-state index is 4.27. The van der Waals surface area contributed by atoms with E-state index in [1.165, 1.54) is 44.3 Å². The van der Waals surface area contributed by atoms with Gasteiger partial charge in [0.25, 0.3) is 0 Å². The van der Waals surface area contributed by atoms with Gasteiger partial charge < -0.3 is 9.88 Å². The van der Waals surface area contributed by atoms with Gasteiger partial charge in [-0.25, -0.2) is 4.98 Å². The van der Waals surface area contributed by atoms with E-state index in [-0.39, 0.29) is 0 Å². The first kappa shape index (κ1) is 9.40. The van der Waals surface area contributed by atoms with Crippen molar-refractivity contribution in [2.75, 3.05) is 6.54 Å². The van der Waals surface area contributed by atoms with Gasteiger partial charge in [-0.1, -0.05) is 0 Å². The van der Waals surface area contributed by atoms with Gasteiger partial charge >= 0.3 is 0 Å². The summed E-state index contributed by atoms with van der Waals surface area (Å²) >= 11 is 0. The summed E-state index contributed by atoms with van der Waals surface area (Å²) in [4.78, 5) is 4.27. The fraction of sp³-hybridized carbons (Fsp3) is 0.750. The molecule has 1 atom stereocenters. The Morgan fingerprint density at radius 3 is 3.07 bits per heavy atom. The number of hydrogen-bond acceptors (Lipinski definition) is 2. The Kier molecular flexibility index (Phi) is 2.49. The molecule has 1 aliphatic heterocycles. The predicted molar refractivity (Wildman–Crippen MR) is 59.8 cm³/mol. The Labute approximate surface area is 90.9 Å². The minimum Gasteiger partial charge on any atom is -0.334 e. The van der Waals surface area contributed by atoms with Crippen molar-refractivity contribution in [1.82, 2.24) is 14.9 Å². The van der Waals surface area contributed by atoms with Gasteiger partial charge in [0.1, 0.15) is 0 Å². The van der Waals surface area contributed by atoms with Gasteiger partial charge in [-0.05, 0) is 38.6 Å². The fourth-order valence-corrected chi connectivity index (χ4v) is 2.53. The predicted octanol–water partition coefficient (Wildman–Crippen LogP) is 1.90. The lowest BCUT2D eigenvalue weighted by molar-refractivity contribution is 0.497. The monoisotopic (exact) mass is 205 g/mol. The van der Waals surface area contributed by atoms with E-state index in [2.05, 4.69) is 21.1 Å². The minimum atomic E-state index is 0.749. The lowest BCUT2D eigenvalue weighted by Crippen LogP contribution is -2.23. The number of imidazole rings is 1. The van der Waals surface area contributed by atoms with Crippen LogP contribution in [0.1, 0.15) is 43.7 Å². The highest BCUT2D eigenvalue weighted by Crippen LogP contribution is 2.39. The van der Waals surface area contributed by atoms with Crippen molar-refractivity contribution < 1.29 is 0 Å². The van der Waals surface area contributed by atoms with E-state index in [0.29, 0.717) is 0 Å². The molecule has 2 aliphatic rings. The summed E-state index contributed by atoms with van der Waals surface area (Å²) in [6, 6.07) is 0.749. The van der Waals surface area contributed by atoms with Crippen LogP contribution in [0.2, 0.25) is 0 Å². The molecular formula is C12H19N3. The molecule has 0 radical (unpaired) electrons. The van der Waals surface area contributed by atoms with E-state index >= 15 is 0 Å². The topological polar surface area (TPSA) is 29.9 Å². The number of hydrogen-bond donors (Lipinski definition) is 1. The van der Waals surface area contributed by atoms with E-state index in [9.17, 15) is 0 Å². The fourth-order valence-electron chi connectivity index (χ4n) is 2.53. The van der Waals surface area contributed by atoms with Crippen LogP contribution in [0.5, 0.6) is 0 Å². The number of aryl methyl sites for hydroxylation is 1. The Hall–Kier alpha value is -0.830. The summed E-state index contributed by atoms with van der Waals surface area (Å²) in [5.74, 6) is 0.823. The molecule has 2 fully saturated rings. The maximum Gasteiger partial charge on any atom is 0.0948 e. The largest absolute Gasteiger partial charge is 0.334 e. The van der Waals surface area contributed by atoms with Crippen molar-refractivity contribution >= 4 is 0 Å². The molecule has 0 bridgehead atoms. The summed E-state index contributed by atoms with van der Waals surface area (Å²) in [5.41, 5.74) is 1.47. The smallest absolute Gasteiger partial charge is 0.0948 e. The lowest BCUT2D eigenvalue weighted by atomic mass is 10.1. The molecule has 3 nitrogen and oxygen atoms in total. The molecule has 1 aliphatic carbocycles. The zero-order valence-corrected chi connectivity index (χ0v) is 9.15. The van der Waals surface area contributed by atoms with Crippen molar-refractivity contribution in [1.29, 1.82) is 0 Å². The van der Waals surface area contributed by atoms with Crippen LogP contribution >= 0.6 is 0 Å². The first-order valence-corrected chi connectivity index (χ1v) is 6.17. The third-order valence-electron chi connectivity index (χ3n) is 3.62. The van der Waals surface area contributed by atoms with Crippen LogP contribution < -0.4 is 5.32 Å². The summed E-state index contributed by atoms with van der Waals surface area (Å²) in [5, 5.41) is 3.55. The van der Waals surface area contributed by atoms with Gasteiger partial charge in [0.15, 0.2) is 0 Å². The molecule has 2 heterocycles. The van der Waals surface area contributed by atoms with Crippen molar-refractivity contribution in [3.05, 3.63) is 18.2 Å². The zero-order chi connectivity index (χ0) is 10.1. The Balaban J connectivity index is 1.58. The second kappa shape index (κ2) is 3.97. The number of nitrogens with one attached hydrogen (secondary N) is 1. The van der Waals surface area contributed by atoms with Crippen LogP contribution in [0.3, 0.4) is 0 Å². The van der Waals surface area contributed by atoms with E-state index in [0.717, 1.165) is 18.5 Å².